The first-order valence-corrected chi connectivity index (χ1v) is 7.75. The highest BCUT2D eigenvalue weighted by Crippen LogP contribution is 2.27. The molecule has 0 bridgehead atoms. The summed E-state index contributed by atoms with van der Waals surface area (Å²) in [6.45, 7) is 0. The molecule has 2 aromatic carbocycles. The standard InChI is InChI=1S/C18H18ClNO5/c1-23-15-7-5-13(19)8-12(15)10-17(21)20-14-9-11(18(22)25-3)4-6-16(14)24-2/h4-9H,10H2,1-3H3,(H,20,21). The number of anilines is 1. The third-order valence-corrected chi connectivity index (χ3v) is 3.72. The second-order valence-electron chi connectivity index (χ2n) is 5.09. The van der Waals surface area contributed by atoms with Gasteiger partial charge >= 0.3 is 5.97 Å². The summed E-state index contributed by atoms with van der Waals surface area (Å²) in [6, 6.07) is 9.69. The van der Waals surface area contributed by atoms with E-state index < -0.39 is 5.97 Å². The number of ether oxygens (including phenoxy) is 3. The summed E-state index contributed by atoms with van der Waals surface area (Å²) in [5, 5.41) is 3.24. The van der Waals surface area contributed by atoms with Gasteiger partial charge in [-0.1, -0.05) is 11.6 Å². The van der Waals surface area contributed by atoms with Crippen LogP contribution in [0.5, 0.6) is 11.5 Å². The molecule has 7 heteroatoms. The molecule has 0 radical (unpaired) electrons. The lowest BCUT2D eigenvalue weighted by molar-refractivity contribution is -0.115. The largest absolute Gasteiger partial charge is 0.496 e. The fourth-order valence-electron chi connectivity index (χ4n) is 2.30. The summed E-state index contributed by atoms with van der Waals surface area (Å²) in [5.74, 6) is 0.185. The summed E-state index contributed by atoms with van der Waals surface area (Å²) in [5.41, 5.74) is 1.32. The lowest BCUT2D eigenvalue weighted by atomic mass is 10.1. The predicted molar refractivity (Wildman–Crippen MR) is 94.7 cm³/mol. The number of halogens is 1. The van der Waals surface area contributed by atoms with E-state index in [0.717, 1.165) is 0 Å². The number of methoxy groups -OCH3 is 3. The van der Waals surface area contributed by atoms with Crippen molar-refractivity contribution in [1.82, 2.24) is 0 Å². The highest BCUT2D eigenvalue weighted by atomic mass is 35.5. The summed E-state index contributed by atoms with van der Waals surface area (Å²) >= 11 is 5.98. The maximum Gasteiger partial charge on any atom is 0.337 e. The Balaban J connectivity index is 2.22. The van der Waals surface area contributed by atoms with Gasteiger partial charge in [0.05, 0.1) is 39.0 Å². The van der Waals surface area contributed by atoms with Gasteiger partial charge in [0.1, 0.15) is 11.5 Å². The van der Waals surface area contributed by atoms with Crippen molar-refractivity contribution >= 4 is 29.2 Å². The Bertz CT molecular complexity index is 791. The molecular weight excluding hydrogens is 346 g/mol. The van der Waals surface area contributed by atoms with E-state index in [1.807, 2.05) is 0 Å². The van der Waals surface area contributed by atoms with E-state index in [9.17, 15) is 9.59 Å². The number of carbonyl (C=O) groups excluding carboxylic acids is 2. The van der Waals surface area contributed by atoms with Crippen molar-refractivity contribution in [2.24, 2.45) is 0 Å². The summed E-state index contributed by atoms with van der Waals surface area (Å²) in [7, 11) is 4.28. The SMILES string of the molecule is COC(=O)c1ccc(OC)c(NC(=O)Cc2cc(Cl)ccc2OC)c1. The fraction of sp³-hybridized carbons (Fsp3) is 0.222. The molecule has 2 aromatic rings. The normalized spacial score (nSPS) is 10.1. The molecule has 0 heterocycles. The van der Waals surface area contributed by atoms with Gasteiger partial charge in [0.2, 0.25) is 5.91 Å². The van der Waals surface area contributed by atoms with Crippen molar-refractivity contribution < 1.29 is 23.8 Å². The van der Waals surface area contributed by atoms with Gasteiger partial charge in [-0.3, -0.25) is 4.79 Å². The van der Waals surface area contributed by atoms with Crippen LogP contribution in [0.4, 0.5) is 5.69 Å². The minimum atomic E-state index is -0.505. The molecular formula is C18H18ClNO5. The molecule has 0 saturated carbocycles. The van der Waals surface area contributed by atoms with Crippen molar-refractivity contribution in [3.63, 3.8) is 0 Å². The van der Waals surface area contributed by atoms with Crippen LogP contribution >= 0.6 is 11.6 Å². The van der Waals surface area contributed by atoms with Crippen LogP contribution in [0.2, 0.25) is 5.02 Å². The molecule has 2 rings (SSSR count). The first kappa shape index (κ1) is 18.6. The van der Waals surface area contributed by atoms with Crippen LogP contribution in [0, 0.1) is 0 Å². The molecule has 0 aliphatic carbocycles. The van der Waals surface area contributed by atoms with Gasteiger partial charge < -0.3 is 19.5 Å². The van der Waals surface area contributed by atoms with Gasteiger partial charge in [-0.05, 0) is 36.4 Å². The molecule has 0 fully saturated rings. The van der Waals surface area contributed by atoms with Gasteiger partial charge in [-0.15, -0.1) is 0 Å². The molecule has 25 heavy (non-hydrogen) atoms. The van der Waals surface area contributed by atoms with Crippen molar-refractivity contribution in [2.45, 2.75) is 6.42 Å². The zero-order valence-electron chi connectivity index (χ0n) is 14.1. The fourth-order valence-corrected chi connectivity index (χ4v) is 2.50. The average molecular weight is 364 g/mol. The van der Waals surface area contributed by atoms with E-state index in [-0.39, 0.29) is 12.3 Å². The van der Waals surface area contributed by atoms with Crippen molar-refractivity contribution in [1.29, 1.82) is 0 Å². The predicted octanol–water partition coefficient (Wildman–Crippen LogP) is 3.33. The van der Waals surface area contributed by atoms with Crippen molar-refractivity contribution in [2.75, 3.05) is 26.6 Å². The Kier molecular flexibility index (Phi) is 6.25. The Morgan fingerprint density at radius 2 is 1.68 bits per heavy atom. The first-order chi connectivity index (χ1) is 12.0. The van der Waals surface area contributed by atoms with Gasteiger partial charge in [-0.25, -0.2) is 4.79 Å². The molecule has 0 aliphatic rings. The maximum atomic E-state index is 12.4. The quantitative estimate of drug-likeness (QED) is 0.797. The minimum absolute atomic E-state index is 0.0509. The van der Waals surface area contributed by atoms with Gasteiger partial charge in [-0.2, -0.15) is 0 Å². The Labute approximate surface area is 150 Å². The molecule has 0 saturated heterocycles. The number of amides is 1. The van der Waals surface area contributed by atoms with Crippen LogP contribution in [0.15, 0.2) is 36.4 Å². The number of hydrogen-bond donors (Lipinski definition) is 1. The number of hydrogen-bond acceptors (Lipinski definition) is 5. The Morgan fingerprint density at radius 3 is 2.32 bits per heavy atom. The Hall–Kier alpha value is -2.73. The van der Waals surface area contributed by atoms with E-state index in [1.54, 1.807) is 30.3 Å². The molecule has 6 nitrogen and oxygen atoms in total. The number of nitrogens with one attached hydrogen (secondary N) is 1. The van der Waals surface area contributed by atoms with E-state index >= 15 is 0 Å². The van der Waals surface area contributed by atoms with Crippen LogP contribution in [0.3, 0.4) is 0 Å². The third-order valence-electron chi connectivity index (χ3n) is 3.49. The second kappa shape index (κ2) is 8.39. The van der Waals surface area contributed by atoms with Crippen molar-refractivity contribution in [3.8, 4) is 11.5 Å². The third kappa shape index (κ3) is 4.64. The number of carbonyl (C=O) groups is 2. The molecule has 1 amide bonds. The smallest absolute Gasteiger partial charge is 0.337 e. The summed E-state index contributed by atoms with van der Waals surface area (Å²) in [4.78, 5) is 24.1. The highest BCUT2D eigenvalue weighted by Gasteiger charge is 2.14. The van der Waals surface area contributed by atoms with Crippen LogP contribution in [0.1, 0.15) is 15.9 Å². The van der Waals surface area contributed by atoms with Crippen LogP contribution in [0.25, 0.3) is 0 Å². The number of rotatable bonds is 6. The topological polar surface area (TPSA) is 73.9 Å². The van der Waals surface area contributed by atoms with Crippen LogP contribution < -0.4 is 14.8 Å². The maximum absolute atomic E-state index is 12.4. The Morgan fingerprint density at radius 1 is 1.00 bits per heavy atom. The van der Waals surface area contributed by atoms with Gasteiger partial charge in [0, 0.05) is 10.6 Å². The zero-order chi connectivity index (χ0) is 18.4. The molecule has 0 spiro atoms. The molecule has 0 aliphatic heterocycles. The van der Waals surface area contributed by atoms with E-state index in [2.05, 4.69) is 10.1 Å². The molecule has 0 atom stereocenters. The lowest BCUT2D eigenvalue weighted by Gasteiger charge is -2.13. The summed E-state index contributed by atoms with van der Waals surface area (Å²) in [6.07, 6.45) is 0.0509. The van der Waals surface area contributed by atoms with E-state index in [4.69, 9.17) is 21.1 Å². The van der Waals surface area contributed by atoms with Crippen molar-refractivity contribution in [3.05, 3.63) is 52.5 Å². The highest BCUT2D eigenvalue weighted by molar-refractivity contribution is 6.30. The van der Waals surface area contributed by atoms with Gasteiger partial charge in [0.25, 0.3) is 0 Å². The number of esters is 1. The average Bonchev–Trinajstić information content (AvgIpc) is 2.61. The molecule has 1 N–H and O–H groups in total. The first-order valence-electron chi connectivity index (χ1n) is 7.37. The molecule has 0 aromatic heterocycles. The minimum Gasteiger partial charge on any atom is -0.496 e. The monoisotopic (exact) mass is 363 g/mol. The van der Waals surface area contributed by atoms with Gasteiger partial charge in [0.15, 0.2) is 0 Å². The van der Waals surface area contributed by atoms with E-state index in [0.29, 0.717) is 33.3 Å². The van der Waals surface area contributed by atoms with Crippen LogP contribution in [-0.4, -0.2) is 33.2 Å². The number of benzene rings is 2. The summed E-state index contributed by atoms with van der Waals surface area (Å²) < 4.78 is 15.1. The molecule has 0 unspecified atom stereocenters. The van der Waals surface area contributed by atoms with Crippen LogP contribution in [-0.2, 0) is 16.0 Å². The second-order valence-corrected chi connectivity index (χ2v) is 5.52. The zero-order valence-corrected chi connectivity index (χ0v) is 14.8. The molecule has 132 valence electrons. The van der Waals surface area contributed by atoms with E-state index in [1.165, 1.54) is 27.4 Å². The lowest BCUT2D eigenvalue weighted by Crippen LogP contribution is -2.16.